The van der Waals surface area contributed by atoms with E-state index in [1.54, 1.807) is 0 Å². The average molecular weight is 213 g/mol. The summed E-state index contributed by atoms with van der Waals surface area (Å²) in [5.74, 6) is 0. The largest absolute Gasteiger partial charge is 0.344 e. The maximum absolute atomic E-state index is 4.30. The van der Waals surface area contributed by atoms with E-state index < -0.39 is 0 Å². The molecule has 0 atom stereocenters. The zero-order chi connectivity index (χ0) is 11.5. The number of hydrogen-bond acceptors (Lipinski definition) is 1. The molecule has 1 nitrogen and oxygen atoms in total. The molecule has 0 aromatic heterocycles. The van der Waals surface area contributed by atoms with Crippen LogP contribution in [-0.2, 0) is 11.8 Å². The smallest absolute Gasteiger partial charge is 0.0483 e. The molecule has 0 saturated carbocycles. The van der Waals surface area contributed by atoms with Crippen LogP contribution in [0.25, 0.3) is 0 Å². The van der Waals surface area contributed by atoms with Crippen LogP contribution in [-0.4, -0.2) is 6.54 Å². The Hall–Kier alpha value is -1.24. The summed E-state index contributed by atoms with van der Waals surface area (Å²) in [5, 5.41) is 0. The summed E-state index contributed by atoms with van der Waals surface area (Å²) in [4.78, 5) is 2.44. The Morgan fingerprint density at radius 2 is 2.06 bits per heavy atom. The van der Waals surface area contributed by atoms with Gasteiger partial charge in [-0.15, -0.1) is 0 Å². The minimum atomic E-state index is 0.112. The second-order valence-corrected chi connectivity index (χ2v) is 5.65. The Kier molecular flexibility index (Phi) is 1.81. The fourth-order valence-corrected chi connectivity index (χ4v) is 3.14. The zero-order valence-corrected chi connectivity index (χ0v) is 10.4. The lowest BCUT2D eigenvalue weighted by Gasteiger charge is -2.29. The summed E-state index contributed by atoms with van der Waals surface area (Å²) >= 11 is 0. The van der Waals surface area contributed by atoms with Crippen LogP contribution in [0, 0.1) is 6.92 Å². The maximum Gasteiger partial charge on any atom is 0.0483 e. The van der Waals surface area contributed by atoms with Gasteiger partial charge in [0.05, 0.1) is 0 Å². The van der Waals surface area contributed by atoms with E-state index in [1.165, 1.54) is 40.9 Å². The van der Waals surface area contributed by atoms with E-state index in [0.29, 0.717) is 0 Å². The molecule has 0 radical (unpaired) electrons. The second kappa shape index (κ2) is 2.91. The van der Waals surface area contributed by atoms with Crippen molar-refractivity contribution >= 4 is 5.69 Å². The number of nitrogens with zero attached hydrogens (tertiary/aromatic N) is 1. The third-order valence-electron chi connectivity index (χ3n) is 4.15. The molecule has 2 heterocycles. The van der Waals surface area contributed by atoms with Crippen molar-refractivity contribution in [3.8, 4) is 0 Å². The van der Waals surface area contributed by atoms with E-state index in [9.17, 15) is 0 Å². The fourth-order valence-electron chi connectivity index (χ4n) is 3.14. The highest BCUT2D eigenvalue weighted by atomic mass is 15.2. The summed E-state index contributed by atoms with van der Waals surface area (Å²) in [5.41, 5.74) is 7.24. The van der Waals surface area contributed by atoms with Gasteiger partial charge in [-0.2, -0.15) is 0 Å². The minimum Gasteiger partial charge on any atom is -0.344 e. The maximum atomic E-state index is 4.30. The zero-order valence-electron chi connectivity index (χ0n) is 10.4. The van der Waals surface area contributed by atoms with Crippen molar-refractivity contribution in [2.75, 3.05) is 11.4 Å². The molecule has 16 heavy (non-hydrogen) atoms. The topological polar surface area (TPSA) is 3.24 Å². The van der Waals surface area contributed by atoms with E-state index in [1.807, 2.05) is 0 Å². The molecular weight excluding hydrogens is 194 g/mol. The van der Waals surface area contributed by atoms with Crippen molar-refractivity contribution in [1.29, 1.82) is 0 Å². The Morgan fingerprint density at radius 3 is 2.81 bits per heavy atom. The molecule has 1 heteroatoms. The van der Waals surface area contributed by atoms with E-state index >= 15 is 0 Å². The van der Waals surface area contributed by atoms with E-state index in [0.717, 1.165) is 6.54 Å². The van der Waals surface area contributed by atoms with Crippen LogP contribution in [0.3, 0.4) is 0 Å². The van der Waals surface area contributed by atoms with Gasteiger partial charge in [-0.3, -0.25) is 0 Å². The van der Waals surface area contributed by atoms with Crippen molar-refractivity contribution in [2.24, 2.45) is 0 Å². The third-order valence-corrected chi connectivity index (χ3v) is 4.15. The van der Waals surface area contributed by atoms with Gasteiger partial charge in [-0.05, 0) is 30.9 Å². The molecule has 3 rings (SSSR count). The van der Waals surface area contributed by atoms with Gasteiger partial charge in [0.2, 0.25) is 0 Å². The number of rotatable bonds is 0. The van der Waals surface area contributed by atoms with Gasteiger partial charge in [-0.1, -0.05) is 38.1 Å². The molecule has 1 aromatic carbocycles. The first-order chi connectivity index (χ1) is 7.51. The Bertz CT molecular complexity index is 482. The standard InChI is InChI=1S/C15H19N/c1-10-8-12-6-5-7-16-11(2)15(3,4)13(9-10)14(12)16/h8-9H,2,5-7H2,1,3-4H3. The molecule has 0 N–H and O–H groups in total. The van der Waals surface area contributed by atoms with E-state index in [2.05, 4.69) is 44.4 Å². The lowest BCUT2D eigenvalue weighted by atomic mass is 9.83. The first-order valence-corrected chi connectivity index (χ1v) is 6.13. The lowest BCUT2D eigenvalue weighted by Crippen LogP contribution is -2.28. The third kappa shape index (κ3) is 1.06. The summed E-state index contributed by atoms with van der Waals surface area (Å²) in [6.07, 6.45) is 2.48. The van der Waals surface area contributed by atoms with Crippen LogP contribution >= 0.6 is 0 Å². The second-order valence-electron chi connectivity index (χ2n) is 5.65. The Morgan fingerprint density at radius 1 is 1.31 bits per heavy atom. The molecule has 84 valence electrons. The minimum absolute atomic E-state index is 0.112. The summed E-state index contributed by atoms with van der Waals surface area (Å²) in [6, 6.07) is 4.69. The molecular formula is C15H19N. The Balaban J connectivity index is 2.33. The molecule has 2 aliphatic rings. The van der Waals surface area contributed by atoms with Crippen LogP contribution in [0.4, 0.5) is 5.69 Å². The van der Waals surface area contributed by atoms with Crippen molar-refractivity contribution in [3.63, 3.8) is 0 Å². The summed E-state index contributed by atoms with van der Waals surface area (Å²) < 4.78 is 0. The monoisotopic (exact) mass is 213 g/mol. The molecule has 0 unspecified atom stereocenters. The molecule has 0 bridgehead atoms. The number of allylic oxidation sites excluding steroid dienone is 1. The van der Waals surface area contributed by atoms with Gasteiger partial charge in [0.25, 0.3) is 0 Å². The van der Waals surface area contributed by atoms with Gasteiger partial charge >= 0.3 is 0 Å². The predicted octanol–water partition coefficient (Wildman–Crippen LogP) is 3.55. The van der Waals surface area contributed by atoms with Crippen molar-refractivity contribution < 1.29 is 0 Å². The van der Waals surface area contributed by atoms with Gasteiger partial charge in [-0.25, -0.2) is 0 Å². The lowest BCUT2D eigenvalue weighted by molar-refractivity contribution is 0.628. The molecule has 2 aliphatic heterocycles. The highest BCUT2D eigenvalue weighted by Gasteiger charge is 2.41. The summed E-state index contributed by atoms with van der Waals surface area (Å²) in [6.45, 7) is 12.2. The fraction of sp³-hybridized carbons (Fsp3) is 0.467. The number of benzene rings is 1. The highest BCUT2D eigenvalue weighted by Crippen LogP contribution is 2.50. The van der Waals surface area contributed by atoms with Gasteiger partial charge in [0.15, 0.2) is 0 Å². The predicted molar refractivity (Wildman–Crippen MR) is 69.0 cm³/mol. The van der Waals surface area contributed by atoms with Crippen LogP contribution in [0.1, 0.15) is 37.0 Å². The molecule has 0 aliphatic carbocycles. The first-order valence-electron chi connectivity index (χ1n) is 6.13. The molecule has 0 fully saturated rings. The van der Waals surface area contributed by atoms with Gasteiger partial charge < -0.3 is 4.90 Å². The SMILES string of the molecule is C=C1N2CCCc3cc(C)cc(c32)C1(C)C. The van der Waals surface area contributed by atoms with Crippen LogP contribution < -0.4 is 4.90 Å². The molecule has 0 amide bonds. The normalized spacial score (nSPS) is 21.2. The van der Waals surface area contributed by atoms with E-state index in [4.69, 9.17) is 0 Å². The quantitative estimate of drug-likeness (QED) is 0.637. The molecule has 1 aromatic rings. The Labute approximate surface area is 97.8 Å². The molecule has 0 spiro atoms. The number of aryl methyl sites for hydroxylation is 2. The van der Waals surface area contributed by atoms with Crippen molar-refractivity contribution in [1.82, 2.24) is 0 Å². The average Bonchev–Trinajstić information content (AvgIpc) is 2.42. The summed E-state index contributed by atoms with van der Waals surface area (Å²) in [7, 11) is 0. The van der Waals surface area contributed by atoms with Gasteiger partial charge in [0, 0.05) is 23.3 Å². The van der Waals surface area contributed by atoms with E-state index in [-0.39, 0.29) is 5.41 Å². The first kappa shape index (κ1) is 9.95. The highest BCUT2D eigenvalue weighted by molar-refractivity contribution is 5.75. The van der Waals surface area contributed by atoms with Crippen LogP contribution in [0.2, 0.25) is 0 Å². The van der Waals surface area contributed by atoms with Crippen LogP contribution in [0.15, 0.2) is 24.4 Å². The molecule has 0 saturated heterocycles. The van der Waals surface area contributed by atoms with Gasteiger partial charge in [0.1, 0.15) is 0 Å². The van der Waals surface area contributed by atoms with Crippen LogP contribution in [0.5, 0.6) is 0 Å². The van der Waals surface area contributed by atoms with Crippen molar-refractivity contribution in [2.45, 2.75) is 39.0 Å². The number of anilines is 1. The van der Waals surface area contributed by atoms with Crippen molar-refractivity contribution in [3.05, 3.63) is 41.1 Å². The number of hydrogen-bond donors (Lipinski definition) is 0.